The predicted molar refractivity (Wildman–Crippen MR) is 104 cm³/mol. The maximum atomic E-state index is 12.8. The van der Waals surface area contributed by atoms with Crippen molar-refractivity contribution >= 4 is 21.8 Å². The molecule has 0 spiro atoms. The molecule has 0 N–H and O–H groups in total. The van der Waals surface area contributed by atoms with Crippen LogP contribution in [0.1, 0.15) is 42.9 Å². The summed E-state index contributed by atoms with van der Waals surface area (Å²) in [6.45, 7) is 8.16. The number of likely N-dealkylation sites (tertiary alicyclic amines) is 1. The SMILES string of the molecule is Cc1cccc(CCC(=O)N2CC(c3cnn(C)c3)C(C)(C)C2)c1Br. The molecule has 1 saturated heterocycles. The van der Waals surface area contributed by atoms with E-state index in [1.54, 1.807) is 0 Å². The number of carbonyl (C=O) groups is 1. The minimum Gasteiger partial charge on any atom is -0.341 e. The predicted octanol–water partition coefficient (Wildman–Crippen LogP) is 4.08. The molecule has 5 heteroatoms. The van der Waals surface area contributed by atoms with E-state index < -0.39 is 0 Å². The van der Waals surface area contributed by atoms with E-state index in [1.807, 2.05) is 22.8 Å². The van der Waals surface area contributed by atoms with Crippen LogP contribution in [0.15, 0.2) is 35.1 Å². The molecule has 1 aromatic heterocycles. The van der Waals surface area contributed by atoms with Crippen molar-refractivity contribution in [1.29, 1.82) is 0 Å². The van der Waals surface area contributed by atoms with Crippen LogP contribution >= 0.6 is 15.9 Å². The molecule has 3 rings (SSSR count). The lowest BCUT2D eigenvalue weighted by Gasteiger charge is -2.24. The van der Waals surface area contributed by atoms with E-state index >= 15 is 0 Å². The number of nitrogens with zero attached hydrogens (tertiary/aromatic N) is 3. The minimum atomic E-state index is 0.0720. The second kappa shape index (κ2) is 6.94. The van der Waals surface area contributed by atoms with Crippen molar-refractivity contribution in [1.82, 2.24) is 14.7 Å². The summed E-state index contributed by atoms with van der Waals surface area (Å²) < 4.78 is 2.96. The summed E-state index contributed by atoms with van der Waals surface area (Å²) in [5.74, 6) is 0.587. The van der Waals surface area contributed by atoms with Crippen molar-refractivity contribution in [3.8, 4) is 0 Å². The van der Waals surface area contributed by atoms with Crippen LogP contribution < -0.4 is 0 Å². The fourth-order valence-electron chi connectivity index (χ4n) is 3.80. The molecule has 4 nitrogen and oxygen atoms in total. The molecule has 0 radical (unpaired) electrons. The number of hydrogen-bond donors (Lipinski definition) is 0. The van der Waals surface area contributed by atoms with Crippen LogP contribution in [0, 0.1) is 12.3 Å². The third-order valence-electron chi connectivity index (χ3n) is 5.30. The van der Waals surface area contributed by atoms with Gasteiger partial charge in [0.25, 0.3) is 0 Å². The molecule has 2 heterocycles. The molecule has 2 aromatic rings. The van der Waals surface area contributed by atoms with Gasteiger partial charge in [-0.25, -0.2) is 0 Å². The molecule has 134 valence electrons. The summed E-state index contributed by atoms with van der Waals surface area (Å²) in [5.41, 5.74) is 3.71. The highest BCUT2D eigenvalue weighted by molar-refractivity contribution is 9.10. The second-order valence-corrected chi connectivity index (χ2v) is 8.60. The van der Waals surface area contributed by atoms with E-state index in [0.717, 1.165) is 24.0 Å². The molecule has 25 heavy (non-hydrogen) atoms. The van der Waals surface area contributed by atoms with Gasteiger partial charge in [0.2, 0.25) is 5.91 Å². The van der Waals surface area contributed by atoms with Crippen LogP contribution in [0.25, 0.3) is 0 Å². The van der Waals surface area contributed by atoms with Crippen molar-refractivity contribution in [3.05, 3.63) is 51.8 Å². The second-order valence-electron chi connectivity index (χ2n) is 7.81. The van der Waals surface area contributed by atoms with Crippen LogP contribution in [-0.2, 0) is 18.3 Å². The number of benzene rings is 1. The molecular formula is C20H26BrN3O. The third-order valence-corrected chi connectivity index (χ3v) is 6.44. The van der Waals surface area contributed by atoms with Crippen molar-refractivity contribution in [2.24, 2.45) is 12.5 Å². The first-order chi connectivity index (χ1) is 11.8. The number of aromatic nitrogens is 2. The van der Waals surface area contributed by atoms with Gasteiger partial charge in [0.05, 0.1) is 6.20 Å². The van der Waals surface area contributed by atoms with Gasteiger partial charge in [-0.05, 0) is 35.4 Å². The van der Waals surface area contributed by atoms with E-state index in [-0.39, 0.29) is 11.3 Å². The third kappa shape index (κ3) is 3.81. The van der Waals surface area contributed by atoms with Crippen LogP contribution in [0.2, 0.25) is 0 Å². The molecule has 1 fully saturated rings. The zero-order chi connectivity index (χ0) is 18.2. The Hall–Kier alpha value is -1.62. The zero-order valence-corrected chi connectivity index (χ0v) is 17.0. The highest BCUT2D eigenvalue weighted by Gasteiger charge is 2.42. The fraction of sp³-hybridized carbons (Fsp3) is 0.500. The van der Waals surface area contributed by atoms with Gasteiger partial charge >= 0.3 is 0 Å². The van der Waals surface area contributed by atoms with Crippen LogP contribution in [0.5, 0.6) is 0 Å². The summed E-state index contributed by atoms with van der Waals surface area (Å²) in [5, 5.41) is 4.30. The summed E-state index contributed by atoms with van der Waals surface area (Å²) in [6.07, 6.45) is 5.34. The first-order valence-corrected chi connectivity index (χ1v) is 9.57. The van der Waals surface area contributed by atoms with Crippen molar-refractivity contribution in [2.75, 3.05) is 13.1 Å². The number of carbonyl (C=O) groups excluding carboxylic acids is 1. The lowest BCUT2D eigenvalue weighted by Crippen LogP contribution is -2.30. The standard InChI is InChI=1S/C20H26BrN3O/c1-14-6-5-7-15(19(14)21)8-9-18(25)24-12-17(20(2,3)13-24)16-10-22-23(4)11-16/h5-7,10-11,17H,8-9,12-13H2,1-4H3. The number of amides is 1. The first-order valence-electron chi connectivity index (χ1n) is 8.78. The van der Waals surface area contributed by atoms with E-state index in [0.29, 0.717) is 12.3 Å². The Morgan fingerprint density at radius 1 is 1.40 bits per heavy atom. The Labute approximate surface area is 158 Å². The Kier molecular flexibility index (Phi) is 5.05. The van der Waals surface area contributed by atoms with Gasteiger partial charge in [0.15, 0.2) is 0 Å². The summed E-state index contributed by atoms with van der Waals surface area (Å²) >= 11 is 3.64. The lowest BCUT2D eigenvalue weighted by atomic mass is 9.79. The largest absolute Gasteiger partial charge is 0.341 e. The molecule has 1 aromatic carbocycles. The van der Waals surface area contributed by atoms with Gasteiger partial charge in [-0.2, -0.15) is 5.10 Å². The molecule has 1 amide bonds. The van der Waals surface area contributed by atoms with Crippen molar-refractivity contribution in [2.45, 2.75) is 39.5 Å². The van der Waals surface area contributed by atoms with E-state index in [2.05, 4.69) is 66.2 Å². The molecule has 0 aliphatic carbocycles. The highest BCUT2D eigenvalue weighted by Crippen LogP contribution is 2.42. The van der Waals surface area contributed by atoms with Crippen LogP contribution in [0.4, 0.5) is 0 Å². The average molecular weight is 404 g/mol. The van der Waals surface area contributed by atoms with E-state index in [9.17, 15) is 4.79 Å². The number of halogens is 1. The maximum Gasteiger partial charge on any atom is 0.222 e. The average Bonchev–Trinajstić information content (AvgIpc) is 3.11. The van der Waals surface area contributed by atoms with Gasteiger partial charge in [-0.15, -0.1) is 0 Å². The van der Waals surface area contributed by atoms with Gasteiger partial charge in [0, 0.05) is 43.1 Å². The molecule has 1 atom stereocenters. The molecule has 1 unspecified atom stereocenters. The Morgan fingerprint density at radius 2 is 2.16 bits per heavy atom. The molecule has 0 saturated carbocycles. The van der Waals surface area contributed by atoms with Crippen LogP contribution in [-0.4, -0.2) is 33.7 Å². The summed E-state index contributed by atoms with van der Waals surface area (Å²) in [6, 6.07) is 6.23. The number of rotatable bonds is 4. The fourth-order valence-corrected chi connectivity index (χ4v) is 4.26. The summed E-state index contributed by atoms with van der Waals surface area (Å²) in [7, 11) is 1.94. The van der Waals surface area contributed by atoms with Gasteiger partial charge in [-0.1, -0.05) is 48.0 Å². The Bertz CT molecular complexity index is 781. The summed E-state index contributed by atoms with van der Waals surface area (Å²) in [4.78, 5) is 14.8. The highest BCUT2D eigenvalue weighted by atomic mass is 79.9. The topological polar surface area (TPSA) is 38.1 Å². The zero-order valence-electron chi connectivity index (χ0n) is 15.4. The molecular weight excluding hydrogens is 378 g/mol. The monoisotopic (exact) mass is 403 g/mol. The maximum absolute atomic E-state index is 12.8. The lowest BCUT2D eigenvalue weighted by molar-refractivity contribution is -0.130. The molecule has 1 aliphatic heterocycles. The van der Waals surface area contributed by atoms with Crippen molar-refractivity contribution < 1.29 is 4.79 Å². The smallest absolute Gasteiger partial charge is 0.222 e. The minimum absolute atomic E-state index is 0.0720. The normalized spacial score (nSPS) is 19.4. The van der Waals surface area contributed by atoms with Gasteiger partial charge in [0.1, 0.15) is 0 Å². The van der Waals surface area contributed by atoms with Crippen molar-refractivity contribution in [3.63, 3.8) is 0 Å². The van der Waals surface area contributed by atoms with Gasteiger partial charge in [-0.3, -0.25) is 9.48 Å². The first kappa shape index (κ1) is 18.2. The van der Waals surface area contributed by atoms with Crippen LogP contribution in [0.3, 0.4) is 0 Å². The Morgan fingerprint density at radius 3 is 2.84 bits per heavy atom. The Balaban J connectivity index is 1.66. The number of hydrogen-bond acceptors (Lipinski definition) is 2. The van der Waals surface area contributed by atoms with E-state index in [4.69, 9.17) is 0 Å². The quantitative estimate of drug-likeness (QED) is 0.771. The molecule has 1 aliphatic rings. The molecule has 0 bridgehead atoms. The van der Waals surface area contributed by atoms with E-state index in [1.165, 1.54) is 16.7 Å². The number of aryl methyl sites for hydroxylation is 3. The van der Waals surface area contributed by atoms with Gasteiger partial charge < -0.3 is 4.90 Å².